The average Bonchev–Trinajstić information content (AvgIpc) is 3.13. The number of anilines is 2. The summed E-state index contributed by atoms with van der Waals surface area (Å²) in [6.45, 7) is 0. The number of nitrogens with zero attached hydrogens (tertiary/aromatic N) is 1. The molecule has 0 aliphatic rings. The van der Waals surface area contributed by atoms with Crippen molar-refractivity contribution in [3.05, 3.63) is 89.1 Å². The van der Waals surface area contributed by atoms with E-state index >= 15 is 0 Å². The summed E-state index contributed by atoms with van der Waals surface area (Å²) in [5.41, 5.74) is 6.84. The van der Waals surface area contributed by atoms with Gasteiger partial charge in [-0.2, -0.15) is 13.2 Å². The number of primary amides is 1. The van der Waals surface area contributed by atoms with Gasteiger partial charge in [-0.25, -0.2) is 4.79 Å². The van der Waals surface area contributed by atoms with Crippen LogP contribution in [0, 0.1) is 0 Å². The Labute approximate surface area is 190 Å². The van der Waals surface area contributed by atoms with Gasteiger partial charge in [0, 0.05) is 22.4 Å². The van der Waals surface area contributed by atoms with Gasteiger partial charge in [0.2, 0.25) is 0 Å². The van der Waals surface area contributed by atoms with E-state index in [1.165, 1.54) is 0 Å². The zero-order chi connectivity index (χ0) is 23.8. The summed E-state index contributed by atoms with van der Waals surface area (Å²) in [6, 6.07) is 18.0. The normalized spacial score (nSPS) is 11.4. The van der Waals surface area contributed by atoms with Gasteiger partial charge in [-0.15, -0.1) is 0 Å². The molecule has 0 spiro atoms. The minimum absolute atomic E-state index is 0.104. The highest BCUT2D eigenvalue weighted by Gasteiger charge is 2.33. The SMILES string of the molecule is NC(=O)c1cc2ccccc2n1-c1ccc(NC(=O)Nc2ccc(C(F)(F)F)c(Cl)c2)cc1. The lowest BCUT2D eigenvalue weighted by Crippen LogP contribution is -2.19. The predicted octanol–water partition coefficient (Wildman–Crippen LogP) is 6.05. The van der Waals surface area contributed by atoms with E-state index in [0.29, 0.717) is 17.1 Å². The zero-order valence-corrected chi connectivity index (χ0v) is 17.5. The Morgan fingerprint density at radius 2 is 1.52 bits per heavy atom. The summed E-state index contributed by atoms with van der Waals surface area (Å²) < 4.78 is 40.1. The number of benzene rings is 3. The molecular formula is C23H16ClF3N4O2. The summed E-state index contributed by atoms with van der Waals surface area (Å²) in [4.78, 5) is 24.2. The molecule has 4 rings (SSSR count). The average molecular weight is 473 g/mol. The largest absolute Gasteiger partial charge is 0.417 e. The number of carbonyl (C=O) groups excluding carboxylic acids is 2. The van der Waals surface area contributed by atoms with Crippen LogP contribution in [-0.2, 0) is 6.18 Å². The number of aromatic nitrogens is 1. The number of fused-ring (bicyclic) bond motifs is 1. The quantitative estimate of drug-likeness (QED) is 0.338. The molecule has 4 N–H and O–H groups in total. The number of amides is 3. The van der Waals surface area contributed by atoms with Crippen molar-refractivity contribution in [1.82, 2.24) is 4.57 Å². The molecule has 33 heavy (non-hydrogen) atoms. The second-order valence-corrected chi connectivity index (χ2v) is 7.51. The Kier molecular flexibility index (Phi) is 5.73. The molecule has 0 bridgehead atoms. The molecule has 3 aromatic carbocycles. The lowest BCUT2D eigenvalue weighted by Gasteiger charge is -2.13. The minimum atomic E-state index is -4.58. The molecule has 1 aromatic heterocycles. The molecule has 4 aromatic rings. The van der Waals surface area contributed by atoms with Crippen LogP contribution in [0.1, 0.15) is 16.1 Å². The number of nitrogens with two attached hydrogens (primary N) is 1. The van der Waals surface area contributed by atoms with Crippen molar-refractivity contribution in [2.45, 2.75) is 6.18 Å². The fourth-order valence-corrected chi connectivity index (χ4v) is 3.71. The van der Waals surface area contributed by atoms with Crippen LogP contribution >= 0.6 is 11.6 Å². The summed E-state index contributed by atoms with van der Waals surface area (Å²) in [6.07, 6.45) is -4.58. The van der Waals surface area contributed by atoms with E-state index in [2.05, 4.69) is 10.6 Å². The molecule has 0 radical (unpaired) electrons. The highest BCUT2D eigenvalue weighted by Crippen LogP contribution is 2.35. The Bertz CT molecular complexity index is 1360. The number of rotatable bonds is 4. The number of hydrogen-bond acceptors (Lipinski definition) is 2. The van der Waals surface area contributed by atoms with Crippen LogP contribution in [0.3, 0.4) is 0 Å². The molecule has 6 nitrogen and oxygen atoms in total. The molecule has 0 aliphatic carbocycles. The monoisotopic (exact) mass is 472 g/mol. The lowest BCUT2D eigenvalue weighted by atomic mass is 10.2. The van der Waals surface area contributed by atoms with Gasteiger partial charge in [-0.1, -0.05) is 29.8 Å². The van der Waals surface area contributed by atoms with Crippen LogP contribution in [0.4, 0.5) is 29.3 Å². The molecule has 0 saturated heterocycles. The van der Waals surface area contributed by atoms with Crippen LogP contribution in [0.15, 0.2) is 72.8 Å². The van der Waals surface area contributed by atoms with E-state index in [1.54, 1.807) is 34.9 Å². The number of urea groups is 1. The van der Waals surface area contributed by atoms with Gasteiger partial charge in [0.05, 0.1) is 16.1 Å². The van der Waals surface area contributed by atoms with Crippen molar-refractivity contribution in [2.24, 2.45) is 5.73 Å². The Balaban J connectivity index is 1.52. The Morgan fingerprint density at radius 1 is 0.879 bits per heavy atom. The topological polar surface area (TPSA) is 89.2 Å². The van der Waals surface area contributed by atoms with Crippen molar-refractivity contribution in [1.29, 1.82) is 0 Å². The Hall–Kier alpha value is -3.98. The maximum atomic E-state index is 12.8. The standard InChI is InChI=1S/C23H16ClF3N4O2/c24-18-12-15(7-10-17(18)23(25,26)27)30-22(33)29-14-5-8-16(9-6-14)31-19-4-2-1-3-13(19)11-20(31)21(28)32/h1-12H,(H2,28,32)(H2,29,30,33). The molecule has 0 unspecified atom stereocenters. The third kappa shape index (κ3) is 4.63. The second-order valence-electron chi connectivity index (χ2n) is 7.11. The zero-order valence-electron chi connectivity index (χ0n) is 16.8. The predicted molar refractivity (Wildman–Crippen MR) is 121 cm³/mol. The molecule has 3 amide bonds. The fourth-order valence-electron chi connectivity index (χ4n) is 3.42. The summed E-state index contributed by atoms with van der Waals surface area (Å²) >= 11 is 5.67. The van der Waals surface area contributed by atoms with Gasteiger partial charge in [0.1, 0.15) is 5.69 Å². The molecule has 0 aliphatic heterocycles. The number of halogens is 4. The minimum Gasteiger partial charge on any atom is -0.364 e. The van der Waals surface area contributed by atoms with E-state index in [4.69, 9.17) is 17.3 Å². The second kappa shape index (κ2) is 8.51. The number of nitrogens with one attached hydrogen (secondary N) is 2. The first-order valence-electron chi connectivity index (χ1n) is 9.59. The van der Waals surface area contributed by atoms with Crippen molar-refractivity contribution in [3.63, 3.8) is 0 Å². The maximum absolute atomic E-state index is 12.8. The summed E-state index contributed by atoms with van der Waals surface area (Å²) in [5, 5.41) is 5.35. The fraction of sp³-hybridized carbons (Fsp3) is 0.0435. The van der Waals surface area contributed by atoms with Crippen LogP contribution in [0.5, 0.6) is 0 Å². The van der Waals surface area contributed by atoms with Crippen molar-refractivity contribution >= 4 is 45.8 Å². The first-order chi connectivity index (χ1) is 15.6. The van der Waals surface area contributed by atoms with Crippen molar-refractivity contribution in [2.75, 3.05) is 10.6 Å². The van der Waals surface area contributed by atoms with Gasteiger partial charge >= 0.3 is 12.2 Å². The molecule has 0 saturated carbocycles. The van der Waals surface area contributed by atoms with Crippen LogP contribution in [-0.4, -0.2) is 16.5 Å². The van der Waals surface area contributed by atoms with E-state index in [-0.39, 0.29) is 5.69 Å². The van der Waals surface area contributed by atoms with Crippen LogP contribution in [0.25, 0.3) is 16.6 Å². The maximum Gasteiger partial charge on any atom is 0.417 e. The van der Waals surface area contributed by atoms with Crippen LogP contribution in [0.2, 0.25) is 5.02 Å². The van der Waals surface area contributed by atoms with E-state index in [1.807, 2.05) is 24.3 Å². The molecule has 10 heteroatoms. The first kappa shape index (κ1) is 22.2. The first-order valence-corrected chi connectivity index (χ1v) is 9.97. The van der Waals surface area contributed by atoms with Crippen LogP contribution < -0.4 is 16.4 Å². The molecule has 168 valence electrons. The van der Waals surface area contributed by atoms with E-state index < -0.39 is 28.7 Å². The number of hydrogen-bond donors (Lipinski definition) is 3. The number of alkyl halides is 3. The summed E-state index contributed by atoms with van der Waals surface area (Å²) in [5.74, 6) is -0.581. The van der Waals surface area contributed by atoms with Crippen molar-refractivity contribution in [3.8, 4) is 5.69 Å². The highest BCUT2D eigenvalue weighted by atomic mass is 35.5. The van der Waals surface area contributed by atoms with Gasteiger partial charge in [0.25, 0.3) is 5.91 Å². The van der Waals surface area contributed by atoms with Gasteiger partial charge in [0.15, 0.2) is 0 Å². The highest BCUT2D eigenvalue weighted by molar-refractivity contribution is 6.31. The molecule has 1 heterocycles. The van der Waals surface area contributed by atoms with E-state index in [0.717, 1.165) is 29.1 Å². The molecular weight excluding hydrogens is 457 g/mol. The number of carbonyl (C=O) groups is 2. The smallest absolute Gasteiger partial charge is 0.364 e. The Morgan fingerprint density at radius 3 is 2.15 bits per heavy atom. The van der Waals surface area contributed by atoms with E-state index in [9.17, 15) is 22.8 Å². The third-order valence-corrected chi connectivity index (χ3v) is 5.19. The van der Waals surface area contributed by atoms with Gasteiger partial charge < -0.3 is 20.9 Å². The van der Waals surface area contributed by atoms with Gasteiger partial charge in [-0.05, 0) is 54.6 Å². The lowest BCUT2D eigenvalue weighted by molar-refractivity contribution is -0.137. The summed E-state index contributed by atoms with van der Waals surface area (Å²) in [7, 11) is 0. The molecule has 0 atom stereocenters. The number of para-hydroxylation sites is 1. The van der Waals surface area contributed by atoms with Gasteiger partial charge in [-0.3, -0.25) is 4.79 Å². The van der Waals surface area contributed by atoms with Crippen molar-refractivity contribution < 1.29 is 22.8 Å². The third-order valence-electron chi connectivity index (χ3n) is 4.88. The molecule has 0 fully saturated rings.